The van der Waals surface area contributed by atoms with Crippen molar-refractivity contribution in [1.29, 1.82) is 0 Å². The molecule has 0 fully saturated rings. The lowest BCUT2D eigenvalue weighted by Gasteiger charge is -2.19. The second-order valence-corrected chi connectivity index (χ2v) is 6.32. The molecule has 0 N–H and O–H groups in total. The maximum absolute atomic E-state index is 11.0. The summed E-state index contributed by atoms with van der Waals surface area (Å²) in [5.74, 6) is -0.124. The Morgan fingerprint density at radius 2 is 2.20 bits per heavy atom. The SMILES string of the molecule is O=S(=O)(Cl)Cc1cccc2c1COCC2. The molecule has 82 valence electrons. The minimum Gasteiger partial charge on any atom is -0.376 e. The molecule has 3 nitrogen and oxygen atoms in total. The Morgan fingerprint density at radius 3 is 2.93 bits per heavy atom. The number of fused-ring (bicyclic) bond motifs is 1. The fourth-order valence-corrected chi connectivity index (χ4v) is 2.78. The van der Waals surface area contributed by atoms with Crippen molar-refractivity contribution in [3.8, 4) is 0 Å². The van der Waals surface area contributed by atoms with Gasteiger partial charge in [-0.3, -0.25) is 0 Å². The van der Waals surface area contributed by atoms with E-state index in [1.165, 1.54) is 5.56 Å². The van der Waals surface area contributed by atoms with Crippen LogP contribution in [0.25, 0.3) is 0 Å². The summed E-state index contributed by atoms with van der Waals surface area (Å²) in [6.45, 7) is 1.18. The van der Waals surface area contributed by atoms with E-state index in [0.717, 1.165) is 17.5 Å². The van der Waals surface area contributed by atoms with Crippen LogP contribution in [-0.4, -0.2) is 15.0 Å². The van der Waals surface area contributed by atoms with Crippen molar-refractivity contribution in [2.75, 3.05) is 6.61 Å². The predicted molar refractivity (Wildman–Crippen MR) is 58.3 cm³/mol. The van der Waals surface area contributed by atoms with Gasteiger partial charge in [-0.2, -0.15) is 0 Å². The Hall–Kier alpha value is -0.580. The Labute approximate surface area is 93.4 Å². The quantitative estimate of drug-likeness (QED) is 0.748. The van der Waals surface area contributed by atoms with Gasteiger partial charge < -0.3 is 4.74 Å². The van der Waals surface area contributed by atoms with Crippen molar-refractivity contribution in [3.05, 3.63) is 34.9 Å². The van der Waals surface area contributed by atoms with Crippen molar-refractivity contribution >= 4 is 19.7 Å². The van der Waals surface area contributed by atoms with Gasteiger partial charge in [0.15, 0.2) is 0 Å². The first-order chi connectivity index (χ1) is 7.06. The third-order valence-electron chi connectivity index (χ3n) is 2.46. The van der Waals surface area contributed by atoms with Gasteiger partial charge >= 0.3 is 0 Å². The van der Waals surface area contributed by atoms with Crippen molar-refractivity contribution < 1.29 is 13.2 Å². The van der Waals surface area contributed by atoms with Gasteiger partial charge in [-0.15, -0.1) is 0 Å². The lowest BCUT2D eigenvalue weighted by Crippen LogP contribution is -2.13. The van der Waals surface area contributed by atoms with Crippen LogP contribution in [0.4, 0.5) is 0 Å². The highest BCUT2D eigenvalue weighted by atomic mass is 35.7. The number of rotatable bonds is 2. The fraction of sp³-hybridized carbons (Fsp3) is 0.400. The van der Waals surface area contributed by atoms with Crippen LogP contribution < -0.4 is 0 Å². The highest BCUT2D eigenvalue weighted by Gasteiger charge is 2.16. The van der Waals surface area contributed by atoms with E-state index in [9.17, 15) is 8.42 Å². The van der Waals surface area contributed by atoms with Crippen molar-refractivity contribution in [1.82, 2.24) is 0 Å². The molecule has 1 aromatic rings. The molecular formula is C10H11ClO3S. The molecule has 1 aliphatic heterocycles. The molecular weight excluding hydrogens is 236 g/mol. The second-order valence-electron chi connectivity index (χ2n) is 3.54. The molecule has 2 rings (SSSR count). The smallest absolute Gasteiger partial charge is 0.236 e. The van der Waals surface area contributed by atoms with E-state index in [4.69, 9.17) is 15.4 Å². The average molecular weight is 247 g/mol. The number of ether oxygens (including phenoxy) is 1. The minimum absolute atomic E-state index is 0.124. The topological polar surface area (TPSA) is 43.4 Å². The van der Waals surface area contributed by atoms with Gasteiger partial charge in [0, 0.05) is 10.7 Å². The lowest BCUT2D eigenvalue weighted by molar-refractivity contribution is 0.110. The molecule has 15 heavy (non-hydrogen) atoms. The van der Waals surface area contributed by atoms with Crippen LogP contribution in [0.5, 0.6) is 0 Å². The van der Waals surface area contributed by atoms with Crippen LogP contribution in [0.2, 0.25) is 0 Å². The summed E-state index contributed by atoms with van der Waals surface area (Å²) >= 11 is 0. The number of hydrogen-bond donors (Lipinski definition) is 0. The highest BCUT2D eigenvalue weighted by Crippen LogP contribution is 2.23. The van der Waals surface area contributed by atoms with E-state index >= 15 is 0 Å². The van der Waals surface area contributed by atoms with Crippen LogP contribution in [0.3, 0.4) is 0 Å². The molecule has 0 radical (unpaired) electrons. The molecule has 0 unspecified atom stereocenters. The van der Waals surface area contributed by atoms with Gasteiger partial charge in [0.25, 0.3) is 0 Å². The molecule has 5 heteroatoms. The van der Waals surface area contributed by atoms with Gasteiger partial charge in [0.05, 0.1) is 19.0 Å². The van der Waals surface area contributed by atoms with E-state index in [0.29, 0.717) is 13.2 Å². The zero-order valence-electron chi connectivity index (χ0n) is 8.07. The van der Waals surface area contributed by atoms with E-state index in [-0.39, 0.29) is 5.75 Å². The zero-order valence-corrected chi connectivity index (χ0v) is 9.64. The molecule has 1 aromatic carbocycles. The van der Waals surface area contributed by atoms with Gasteiger partial charge in [-0.1, -0.05) is 18.2 Å². The van der Waals surface area contributed by atoms with Gasteiger partial charge in [-0.25, -0.2) is 8.42 Å². The van der Waals surface area contributed by atoms with Crippen molar-refractivity contribution in [3.63, 3.8) is 0 Å². The van der Waals surface area contributed by atoms with E-state index in [1.54, 1.807) is 6.07 Å². The largest absolute Gasteiger partial charge is 0.376 e. The summed E-state index contributed by atoms with van der Waals surface area (Å²) in [6, 6.07) is 5.65. The molecule has 0 saturated heterocycles. The summed E-state index contributed by atoms with van der Waals surface area (Å²) in [5.41, 5.74) is 2.90. The van der Waals surface area contributed by atoms with Crippen LogP contribution in [0, 0.1) is 0 Å². The standard InChI is InChI=1S/C10H11ClO3S/c11-15(12,13)7-9-3-1-2-8-4-5-14-6-10(8)9/h1-3H,4-7H2. The summed E-state index contributed by atoms with van der Waals surface area (Å²) in [5, 5.41) is 0. The Bertz CT molecular complexity index is 468. The first kappa shape index (κ1) is 10.9. The molecule has 0 bridgehead atoms. The van der Waals surface area contributed by atoms with E-state index in [1.807, 2.05) is 12.1 Å². The molecule has 0 aromatic heterocycles. The van der Waals surface area contributed by atoms with Crippen LogP contribution >= 0.6 is 10.7 Å². The molecule has 0 saturated carbocycles. The molecule has 1 heterocycles. The first-order valence-electron chi connectivity index (χ1n) is 4.66. The lowest BCUT2D eigenvalue weighted by atomic mass is 9.99. The average Bonchev–Trinajstić information content (AvgIpc) is 2.16. The number of halogens is 1. The highest BCUT2D eigenvalue weighted by molar-refractivity contribution is 8.13. The molecule has 0 spiro atoms. The van der Waals surface area contributed by atoms with Crippen LogP contribution in [0.1, 0.15) is 16.7 Å². The van der Waals surface area contributed by atoms with Crippen LogP contribution in [-0.2, 0) is 32.6 Å². The van der Waals surface area contributed by atoms with Gasteiger partial charge in [0.2, 0.25) is 9.05 Å². The Morgan fingerprint density at radius 1 is 1.40 bits per heavy atom. The first-order valence-corrected chi connectivity index (χ1v) is 7.14. The van der Waals surface area contributed by atoms with E-state index < -0.39 is 9.05 Å². The van der Waals surface area contributed by atoms with Crippen LogP contribution in [0.15, 0.2) is 18.2 Å². The van der Waals surface area contributed by atoms with E-state index in [2.05, 4.69) is 0 Å². The number of benzene rings is 1. The summed E-state index contributed by atoms with van der Waals surface area (Å²) < 4.78 is 27.3. The normalized spacial score (nSPS) is 16.1. The maximum atomic E-state index is 11.0. The third-order valence-corrected chi connectivity index (χ3v) is 3.44. The Kier molecular flexibility index (Phi) is 3.00. The molecule has 0 atom stereocenters. The molecule has 0 amide bonds. The Balaban J connectivity index is 2.39. The summed E-state index contributed by atoms with van der Waals surface area (Å²) in [7, 11) is 1.75. The summed E-state index contributed by atoms with van der Waals surface area (Å²) in [4.78, 5) is 0. The third kappa shape index (κ3) is 2.71. The second kappa shape index (κ2) is 4.12. The van der Waals surface area contributed by atoms with Crippen molar-refractivity contribution in [2.45, 2.75) is 18.8 Å². The minimum atomic E-state index is -3.49. The monoisotopic (exact) mass is 246 g/mol. The number of hydrogen-bond acceptors (Lipinski definition) is 3. The van der Waals surface area contributed by atoms with Gasteiger partial charge in [-0.05, 0) is 23.1 Å². The predicted octanol–water partition coefficient (Wildman–Crippen LogP) is 1.83. The van der Waals surface area contributed by atoms with Crippen molar-refractivity contribution in [2.24, 2.45) is 0 Å². The molecule has 0 aliphatic carbocycles. The summed E-state index contributed by atoms with van der Waals surface area (Å²) in [6.07, 6.45) is 0.839. The maximum Gasteiger partial charge on any atom is 0.236 e. The zero-order chi connectivity index (χ0) is 10.9. The fourth-order valence-electron chi connectivity index (χ4n) is 1.78. The van der Waals surface area contributed by atoms with Gasteiger partial charge in [0.1, 0.15) is 0 Å². The molecule has 1 aliphatic rings.